The van der Waals surface area contributed by atoms with Crippen LogP contribution in [0.4, 0.5) is 5.95 Å². The summed E-state index contributed by atoms with van der Waals surface area (Å²) >= 11 is 1.53. The van der Waals surface area contributed by atoms with Crippen LogP contribution in [-0.2, 0) is 0 Å². The highest BCUT2D eigenvalue weighted by atomic mass is 32.1. The Labute approximate surface area is 204 Å². The fraction of sp³-hybridized carbons (Fsp3) is 0.444. The van der Waals surface area contributed by atoms with E-state index in [1.807, 2.05) is 18.3 Å². The average Bonchev–Trinajstić information content (AvgIpc) is 3.28. The van der Waals surface area contributed by atoms with Crippen molar-refractivity contribution in [1.82, 2.24) is 20.6 Å². The van der Waals surface area contributed by atoms with Gasteiger partial charge in [0.15, 0.2) is 0 Å². The van der Waals surface area contributed by atoms with Crippen molar-refractivity contribution in [3.63, 3.8) is 0 Å². The third kappa shape index (κ3) is 5.00. The molecule has 3 N–H and O–H groups in total. The fourth-order valence-electron chi connectivity index (χ4n) is 4.65. The van der Waals surface area contributed by atoms with Crippen molar-refractivity contribution in [2.45, 2.75) is 46.1 Å². The van der Waals surface area contributed by atoms with Gasteiger partial charge in [0.25, 0.3) is 5.91 Å². The third-order valence-electron chi connectivity index (χ3n) is 6.73. The molecule has 5 rings (SSSR count). The Hall–Kier alpha value is -2.77. The summed E-state index contributed by atoms with van der Waals surface area (Å²) in [7, 11) is 0. The van der Waals surface area contributed by atoms with Gasteiger partial charge in [-0.1, -0.05) is 39.0 Å². The van der Waals surface area contributed by atoms with E-state index in [0.717, 1.165) is 64.8 Å². The van der Waals surface area contributed by atoms with Gasteiger partial charge in [-0.3, -0.25) is 4.79 Å². The number of allylic oxidation sites excluding steroid dienone is 2. The minimum Gasteiger partial charge on any atom is -0.351 e. The van der Waals surface area contributed by atoms with E-state index in [1.54, 1.807) is 0 Å². The number of thiophene rings is 1. The van der Waals surface area contributed by atoms with Crippen molar-refractivity contribution in [3.05, 3.63) is 53.1 Å². The monoisotopic (exact) mass is 475 g/mol. The second-order valence-corrected chi connectivity index (χ2v) is 11.5. The van der Waals surface area contributed by atoms with Gasteiger partial charge >= 0.3 is 0 Å². The smallest absolute Gasteiger partial charge is 0.261 e. The summed E-state index contributed by atoms with van der Waals surface area (Å²) in [5.41, 5.74) is 2.31. The van der Waals surface area contributed by atoms with E-state index < -0.39 is 0 Å². The van der Waals surface area contributed by atoms with Crippen molar-refractivity contribution in [3.8, 4) is 0 Å². The molecule has 3 heterocycles. The van der Waals surface area contributed by atoms with E-state index in [1.165, 1.54) is 16.9 Å². The summed E-state index contributed by atoms with van der Waals surface area (Å²) in [6.07, 6.45) is 11.7. The molecule has 0 saturated carbocycles. The van der Waals surface area contributed by atoms with Gasteiger partial charge in [0, 0.05) is 28.2 Å². The number of benzene rings is 1. The lowest BCUT2D eigenvalue weighted by molar-refractivity contribution is 0.0948. The number of hydrogen-bond acceptors (Lipinski definition) is 6. The summed E-state index contributed by atoms with van der Waals surface area (Å²) in [5.74, 6) is 1.19. The van der Waals surface area contributed by atoms with Gasteiger partial charge in [-0.25, -0.2) is 9.97 Å². The van der Waals surface area contributed by atoms with Crippen LogP contribution < -0.4 is 16.0 Å². The van der Waals surface area contributed by atoms with E-state index in [0.29, 0.717) is 11.9 Å². The summed E-state index contributed by atoms with van der Waals surface area (Å²) in [5, 5.41) is 12.0. The van der Waals surface area contributed by atoms with Gasteiger partial charge in [-0.05, 0) is 67.5 Å². The molecule has 1 unspecified atom stereocenters. The molecule has 1 atom stereocenters. The first kappa shape index (κ1) is 23.0. The molecule has 0 spiro atoms. The molecular weight excluding hydrogens is 442 g/mol. The number of anilines is 1. The van der Waals surface area contributed by atoms with Crippen LogP contribution in [0.5, 0.6) is 0 Å². The molecule has 0 radical (unpaired) electrons. The SMILES string of the molecule is CC(C)(C)C1=CC(Nc2ncc3ccc4sc(C(=O)NCC5CCNCC5)cc4c3n2)CC=C1. The standard InChI is InChI=1S/C27H33N5OS/c1-27(2,3)19-5-4-6-20(13-19)31-26-30-16-18-7-8-22-21(24(18)32-26)14-23(34-22)25(33)29-15-17-9-11-28-12-10-17/h4-5,7-8,13-14,16-17,20,28H,6,9-12,15H2,1-3H3,(H,29,33)(H,30,31,32). The zero-order valence-corrected chi connectivity index (χ0v) is 21.0. The normalized spacial score (nSPS) is 19.4. The summed E-state index contributed by atoms with van der Waals surface area (Å²) in [4.78, 5) is 23.0. The van der Waals surface area contributed by atoms with Crippen LogP contribution >= 0.6 is 11.3 Å². The van der Waals surface area contributed by atoms with Crippen LogP contribution in [0.3, 0.4) is 0 Å². The zero-order chi connectivity index (χ0) is 23.7. The van der Waals surface area contributed by atoms with Crippen molar-refractivity contribution in [2.24, 2.45) is 11.3 Å². The number of aromatic nitrogens is 2. The molecule has 2 aliphatic rings. The first-order valence-electron chi connectivity index (χ1n) is 12.2. The number of carbonyl (C=O) groups excluding carboxylic acids is 1. The van der Waals surface area contributed by atoms with E-state index in [2.05, 4.69) is 66.0 Å². The van der Waals surface area contributed by atoms with Crippen LogP contribution in [0.15, 0.2) is 48.2 Å². The van der Waals surface area contributed by atoms with Crippen LogP contribution in [-0.4, -0.2) is 41.6 Å². The third-order valence-corrected chi connectivity index (χ3v) is 7.83. The second kappa shape index (κ2) is 9.47. The molecule has 2 aromatic heterocycles. The summed E-state index contributed by atoms with van der Waals surface area (Å²) in [6.45, 7) is 9.50. The van der Waals surface area contributed by atoms with E-state index in [-0.39, 0.29) is 17.4 Å². The van der Waals surface area contributed by atoms with Crippen molar-refractivity contribution in [2.75, 3.05) is 25.0 Å². The van der Waals surface area contributed by atoms with Gasteiger partial charge in [0.2, 0.25) is 5.95 Å². The molecule has 1 amide bonds. The molecule has 0 bridgehead atoms. The highest BCUT2D eigenvalue weighted by Gasteiger charge is 2.20. The Morgan fingerprint density at radius 1 is 1.24 bits per heavy atom. The topological polar surface area (TPSA) is 78.9 Å². The lowest BCUT2D eigenvalue weighted by Crippen LogP contribution is -2.35. The number of hydrogen-bond donors (Lipinski definition) is 3. The number of piperidine rings is 1. The molecule has 7 heteroatoms. The average molecular weight is 476 g/mol. The maximum atomic E-state index is 12.9. The number of fused-ring (bicyclic) bond motifs is 3. The minimum atomic E-state index is 0.00845. The maximum Gasteiger partial charge on any atom is 0.261 e. The molecule has 34 heavy (non-hydrogen) atoms. The van der Waals surface area contributed by atoms with Crippen LogP contribution in [0, 0.1) is 11.3 Å². The molecule has 1 fully saturated rings. The van der Waals surface area contributed by atoms with Crippen LogP contribution in [0.25, 0.3) is 21.0 Å². The van der Waals surface area contributed by atoms with Gasteiger partial charge in [0.05, 0.1) is 16.4 Å². The number of carbonyl (C=O) groups is 1. The van der Waals surface area contributed by atoms with Gasteiger partial charge in [0.1, 0.15) is 0 Å². The lowest BCUT2D eigenvalue weighted by Gasteiger charge is -2.26. The van der Waals surface area contributed by atoms with Crippen LogP contribution in [0.2, 0.25) is 0 Å². The van der Waals surface area contributed by atoms with Crippen molar-refractivity contribution < 1.29 is 4.79 Å². The summed E-state index contributed by atoms with van der Waals surface area (Å²) in [6, 6.07) is 6.25. The quantitative estimate of drug-likeness (QED) is 0.467. The summed E-state index contributed by atoms with van der Waals surface area (Å²) < 4.78 is 1.07. The Kier molecular flexibility index (Phi) is 6.40. The first-order valence-corrected chi connectivity index (χ1v) is 13.0. The predicted molar refractivity (Wildman–Crippen MR) is 142 cm³/mol. The highest BCUT2D eigenvalue weighted by molar-refractivity contribution is 7.21. The number of nitrogens with one attached hydrogen (secondary N) is 3. The Morgan fingerprint density at radius 2 is 2.06 bits per heavy atom. The van der Waals surface area contributed by atoms with E-state index in [9.17, 15) is 4.79 Å². The first-order chi connectivity index (χ1) is 16.4. The lowest BCUT2D eigenvalue weighted by atomic mass is 9.82. The minimum absolute atomic E-state index is 0.00845. The number of nitrogens with zero attached hydrogens (tertiary/aromatic N) is 2. The molecule has 178 valence electrons. The molecule has 6 nitrogen and oxygen atoms in total. The molecule has 1 aliphatic heterocycles. The van der Waals surface area contributed by atoms with Gasteiger partial charge < -0.3 is 16.0 Å². The maximum absolute atomic E-state index is 12.9. The van der Waals surface area contributed by atoms with Crippen LogP contribution in [0.1, 0.15) is 49.7 Å². The molecule has 1 saturated heterocycles. The largest absolute Gasteiger partial charge is 0.351 e. The van der Waals surface area contributed by atoms with Crippen molar-refractivity contribution in [1.29, 1.82) is 0 Å². The van der Waals surface area contributed by atoms with E-state index in [4.69, 9.17) is 4.98 Å². The van der Waals surface area contributed by atoms with Crippen molar-refractivity contribution >= 4 is 44.2 Å². The Morgan fingerprint density at radius 3 is 2.85 bits per heavy atom. The fourth-order valence-corrected chi connectivity index (χ4v) is 5.63. The molecule has 1 aliphatic carbocycles. The number of amides is 1. The Bertz CT molecular complexity index is 1260. The molecule has 1 aromatic carbocycles. The predicted octanol–water partition coefficient (Wildman–Crippen LogP) is 5.29. The highest BCUT2D eigenvalue weighted by Crippen LogP contribution is 2.33. The zero-order valence-electron chi connectivity index (χ0n) is 20.1. The molecular formula is C27H33N5OS. The molecule has 3 aromatic rings. The van der Waals surface area contributed by atoms with Gasteiger partial charge in [-0.2, -0.15) is 0 Å². The van der Waals surface area contributed by atoms with E-state index >= 15 is 0 Å². The van der Waals surface area contributed by atoms with Gasteiger partial charge in [-0.15, -0.1) is 11.3 Å². The Balaban J connectivity index is 1.36. The number of rotatable bonds is 5. The second-order valence-electron chi connectivity index (χ2n) is 10.4.